The Labute approximate surface area is 105 Å². The van der Waals surface area contributed by atoms with E-state index < -0.39 is 0 Å². The van der Waals surface area contributed by atoms with E-state index in [1.807, 2.05) is 35.2 Å². The quantitative estimate of drug-likeness (QED) is 0.837. The molecule has 1 aromatic heterocycles. The van der Waals surface area contributed by atoms with Crippen LogP contribution >= 0.6 is 0 Å². The molecule has 0 aliphatic carbocycles. The van der Waals surface area contributed by atoms with Crippen LogP contribution in [0.3, 0.4) is 0 Å². The Kier molecular flexibility index (Phi) is 3.79. The molecule has 0 amide bonds. The Bertz CT molecular complexity index is 528. The average Bonchev–Trinajstić information content (AvgIpc) is 2.87. The maximum atomic E-state index is 11.3. The minimum Gasteiger partial charge on any atom is -0.465 e. The lowest BCUT2D eigenvalue weighted by atomic mass is 10.1. The van der Waals surface area contributed by atoms with Crippen LogP contribution in [0.2, 0.25) is 0 Å². The summed E-state index contributed by atoms with van der Waals surface area (Å²) < 4.78 is 6.57. The second-order valence-electron chi connectivity index (χ2n) is 3.93. The van der Waals surface area contributed by atoms with E-state index in [-0.39, 0.29) is 12.6 Å². The Balaban J connectivity index is 2.20. The number of hydrogen-bond acceptors (Lipinski definition) is 3. The highest BCUT2D eigenvalue weighted by atomic mass is 16.5. The number of carbonyl (C=O) groups is 1. The molecule has 0 bridgehead atoms. The van der Waals surface area contributed by atoms with Crippen LogP contribution in [-0.4, -0.2) is 29.4 Å². The second kappa shape index (κ2) is 5.51. The van der Waals surface area contributed by atoms with E-state index in [4.69, 9.17) is 5.11 Å². The second-order valence-corrected chi connectivity index (χ2v) is 3.93. The number of aromatic nitrogens is 1. The van der Waals surface area contributed by atoms with Crippen molar-refractivity contribution in [2.75, 3.05) is 13.7 Å². The van der Waals surface area contributed by atoms with Gasteiger partial charge in [0.25, 0.3) is 0 Å². The van der Waals surface area contributed by atoms with Gasteiger partial charge in [0.15, 0.2) is 0 Å². The molecule has 1 N–H and O–H groups in total. The van der Waals surface area contributed by atoms with Gasteiger partial charge < -0.3 is 14.4 Å². The highest BCUT2D eigenvalue weighted by Gasteiger charge is 2.05. The van der Waals surface area contributed by atoms with Gasteiger partial charge in [0.2, 0.25) is 0 Å². The number of ether oxygens (including phenoxy) is 1. The van der Waals surface area contributed by atoms with Crippen LogP contribution < -0.4 is 0 Å². The van der Waals surface area contributed by atoms with Crippen molar-refractivity contribution in [1.29, 1.82) is 0 Å². The van der Waals surface area contributed by atoms with Crippen LogP contribution in [0, 0.1) is 0 Å². The maximum absolute atomic E-state index is 11.3. The van der Waals surface area contributed by atoms with E-state index in [9.17, 15) is 4.79 Å². The molecule has 0 radical (unpaired) electrons. The molecule has 2 rings (SSSR count). The Morgan fingerprint density at radius 2 is 1.94 bits per heavy atom. The van der Waals surface area contributed by atoms with E-state index in [1.165, 1.54) is 7.11 Å². The zero-order chi connectivity index (χ0) is 13.0. The van der Waals surface area contributed by atoms with Gasteiger partial charge in [-0.25, -0.2) is 4.79 Å². The van der Waals surface area contributed by atoms with Crippen molar-refractivity contribution in [3.05, 3.63) is 48.3 Å². The van der Waals surface area contributed by atoms with Crippen LogP contribution in [0.4, 0.5) is 0 Å². The van der Waals surface area contributed by atoms with E-state index >= 15 is 0 Å². The third-order valence-electron chi connectivity index (χ3n) is 2.75. The fourth-order valence-electron chi connectivity index (χ4n) is 1.78. The number of esters is 1. The number of rotatable bonds is 4. The van der Waals surface area contributed by atoms with Crippen LogP contribution in [-0.2, 0) is 11.3 Å². The third-order valence-corrected chi connectivity index (χ3v) is 2.75. The van der Waals surface area contributed by atoms with Gasteiger partial charge >= 0.3 is 5.97 Å². The monoisotopic (exact) mass is 245 g/mol. The Morgan fingerprint density at radius 1 is 1.22 bits per heavy atom. The summed E-state index contributed by atoms with van der Waals surface area (Å²) in [6, 6.07) is 9.22. The number of hydrogen-bond donors (Lipinski definition) is 1. The van der Waals surface area contributed by atoms with Crippen LogP contribution in [0.5, 0.6) is 0 Å². The van der Waals surface area contributed by atoms with Gasteiger partial charge in [-0.15, -0.1) is 0 Å². The summed E-state index contributed by atoms with van der Waals surface area (Å²) in [6.45, 7) is 0.704. The lowest BCUT2D eigenvalue weighted by Crippen LogP contribution is -2.00. The highest BCUT2D eigenvalue weighted by molar-refractivity contribution is 5.89. The van der Waals surface area contributed by atoms with E-state index in [0.29, 0.717) is 12.1 Å². The topological polar surface area (TPSA) is 51.5 Å². The van der Waals surface area contributed by atoms with Crippen molar-refractivity contribution in [2.45, 2.75) is 6.54 Å². The highest BCUT2D eigenvalue weighted by Crippen LogP contribution is 2.20. The molecule has 4 heteroatoms. The predicted molar refractivity (Wildman–Crippen MR) is 68.3 cm³/mol. The van der Waals surface area contributed by atoms with Gasteiger partial charge in [-0.05, 0) is 29.3 Å². The third kappa shape index (κ3) is 2.60. The first-order chi connectivity index (χ1) is 8.74. The summed E-state index contributed by atoms with van der Waals surface area (Å²) in [6.07, 6.45) is 3.88. The van der Waals surface area contributed by atoms with Crippen molar-refractivity contribution in [2.24, 2.45) is 0 Å². The summed E-state index contributed by atoms with van der Waals surface area (Å²) in [5, 5.41) is 8.85. The molecule has 0 fully saturated rings. The first kappa shape index (κ1) is 12.4. The molecular formula is C14H15NO3. The normalized spacial score (nSPS) is 10.3. The van der Waals surface area contributed by atoms with E-state index in [1.54, 1.807) is 12.1 Å². The molecule has 0 aliphatic rings. The van der Waals surface area contributed by atoms with Crippen molar-refractivity contribution in [1.82, 2.24) is 4.57 Å². The molecule has 0 unspecified atom stereocenters. The molecule has 1 heterocycles. The molecule has 4 nitrogen and oxygen atoms in total. The lowest BCUT2D eigenvalue weighted by molar-refractivity contribution is 0.0601. The zero-order valence-electron chi connectivity index (χ0n) is 10.2. The average molecular weight is 245 g/mol. The minimum atomic E-state index is -0.334. The number of nitrogens with zero attached hydrogens (tertiary/aromatic N) is 1. The summed E-state index contributed by atoms with van der Waals surface area (Å²) in [7, 11) is 1.37. The number of aliphatic hydroxyl groups is 1. The van der Waals surface area contributed by atoms with E-state index in [2.05, 4.69) is 4.74 Å². The van der Waals surface area contributed by atoms with Gasteiger partial charge in [-0.2, -0.15) is 0 Å². The molecule has 94 valence electrons. The summed E-state index contributed by atoms with van der Waals surface area (Å²) in [4.78, 5) is 11.3. The Hall–Kier alpha value is -2.07. The molecule has 0 aliphatic heterocycles. The van der Waals surface area contributed by atoms with Crippen molar-refractivity contribution >= 4 is 5.97 Å². The fraction of sp³-hybridized carbons (Fsp3) is 0.214. The van der Waals surface area contributed by atoms with Gasteiger partial charge in [-0.1, -0.05) is 12.1 Å². The number of benzene rings is 1. The van der Waals surface area contributed by atoms with Crippen LogP contribution in [0.15, 0.2) is 42.7 Å². The van der Waals surface area contributed by atoms with Crippen LogP contribution in [0.25, 0.3) is 11.1 Å². The smallest absolute Gasteiger partial charge is 0.337 e. The largest absolute Gasteiger partial charge is 0.465 e. The summed E-state index contributed by atoms with van der Waals surface area (Å²) in [5.74, 6) is -0.334. The zero-order valence-corrected chi connectivity index (χ0v) is 10.2. The molecule has 2 aromatic rings. The molecule has 0 spiro atoms. The van der Waals surface area contributed by atoms with Crippen molar-refractivity contribution in [3.63, 3.8) is 0 Å². The number of aliphatic hydroxyl groups excluding tert-OH is 1. The summed E-state index contributed by atoms with van der Waals surface area (Å²) in [5.41, 5.74) is 2.62. The minimum absolute atomic E-state index is 0.120. The number of methoxy groups -OCH3 is 1. The molecule has 1 aromatic carbocycles. The standard InChI is InChI=1S/C14H15NO3/c1-18-14(17)12-4-2-11(3-5-12)13-6-7-15(10-13)8-9-16/h2-7,10,16H,8-9H2,1H3. The first-order valence-electron chi connectivity index (χ1n) is 5.70. The van der Waals surface area contributed by atoms with Gasteiger partial charge in [0.05, 0.1) is 19.3 Å². The fourth-order valence-corrected chi connectivity index (χ4v) is 1.78. The summed E-state index contributed by atoms with van der Waals surface area (Å²) >= 11 is 0. The Morgan fingerprint density at radius 3 is 2.56 bits per heavy atom. The molecule has 18 heavy (non-hydrogen) atoms. The number of carbonyl (C=O) groups excluding carboxylic acids is 1. The molecule has 0 saturated carbocycles. The van der Waals surface area contributed by atoms with Crippen LogP contribution in [0.1, 0.15) is 10.4 Å². The lowest BCUT2D eigenvalue weighted by Gasteiger charge is -2.01. The van der Waals surface area contributed by atoms with E-state index in [0.717, 1.165) is 11.1 Å². The van der Waals surface area contributed by atoms with Gasteiger partial charge in [-0.3, -0.25) is 0 Å². The maximum Gasteiger partial charge on any atom is 0.337 e. The first-order valence-corrected chi connectivity index (χ1v) is 5.70. The molecule has 0 saturated heterocycles. The molecular weight excluding hydrogens is 230 g/mol. The predicted octanol–water partition coefficient (Wildman–Crippen LogP) is 1.93. The van der Waals surface area contributed by atoms with Gasteiger partial charge in [0.1, 0.15) is 0 Å². The molecule has 0 atom stereocenters. The SMILES string of the molecule is COC(=O)c1ccc(-c2ccn(CCO)c2)cc1. The van der Waals surface area contributed by atoms with Crippen molar-refractivity contribution < 1.29 is 14.6 Å². The van der Waals surface area contributed by atoms with Gasteiger partial charge in [0, 0.05) is 18.9 Å². The van der Waals surface area contributed by atoms with Crippen molar-refractivity contribution in [3.8, 4) is 11.1 Å².